The SMILES string of the molecule is CC(C)(C)[Si](C)(C)OC1CC2C(=O)C(c3ccccc3)=C(O)[N+]2(Cc2ccc(C#N)cc2)C1. The smallest absolute Gasteiger partial charge is 0.302 e. The van der Waals surface area contributed by atoms with Crippen LogP contribution in [0, 0.1) is 11.3 Å². The number of nitrogens with zero attached hydrogens (tertiary/aromatic N) is 2. The van der Waals surface area contributed by atoms with Crippen LogP contribution in [0.3, 0.4) is 0 Å². The van der Waals surface area contributed by atoms with Crippen molar-refractivity contribution in [3.05, 3.63) is 77.2 Å². The average Bonchev–Trinajstić information content (AvgIpc) is 3.20. The Labute approximate surface area is 197 Å². The quantitative estimate of drug-likeness (QED) is 0.468. The molecule has 0 saturated carbocycles. The number of aliphatic hydroxyl groups is 1. The van der Waals surface area contributed by atoms with E-state index < -0.39 is 8.32 Å². The predicted molar refractivity (Wildman–Crippen MR) is 131 cm³/mol. The summed E-state index contributed by atoms with van der Waals surface area (Å²) in [5.41, 5.74) is 2.77. The number of quaternary nitrogens is 1. The summed E-state index contributed by atoms with van der Waals surface area (Å²) in [5.74, 6) is 0.135. The Morgan fingerprint density at radius 3 is 2.33 bits per heavy atom. The largest absolute Gasteiger partial charge is 0.467 e. The number of rotatable bonds is 5. The van der Waals surface area contributed by atoms with E-state index in [-0.39, 0.29) is 33.3 Å². The van der Waals surface area contributed by atoms with Gasteiger partial charge in [-0.15, -0.1) is 0 Å². The number of fused-ring (bicyclic) bond motifs is 1. The van der Waals surface area contributed by atoms with E-state index in [0.717, 1.165) is 11.1 Å². The van der Waals surface area contributed by atoms with Gasteiger partial charge in [0.2, 0.25) is 5.78 Å². The third-order valence-electron chi connectivity index (χ3n) is 7.68. The molecule has 2 heterocycles. The number of Topliss-reactive ketones (excluding diaryl/α,β-unsaturated/α-hetero) is 1. The van der Waals surface area contributed by atoms with Crippen molar-refractivity contribution in [1.82, 2.24) is 0 Å². The van der Waals surface area contributed by atoms with Crippen LogP contribution in [0.2, 0.25) is 18.1 Å². The second kappa shape index (κ2) is 8.25. The number of ketones is 1. The van der Waals surface area contributed by atoms with Crippen LogP contribution in [-0.4, -0.2) is 42.4 Å². The van der Waals surface area contributed by atoms with Crippen LogP contribution >= 0.6 is 0 Å². The fourth-order valence-electron chi connectivity index (χ4n) is 4.90. The van der Waals surface area contributed by atoms with Gasteiger partial charge in [-0.3, -0.25) is 4.79 Å². The Kier molecular flexibility index (Phi) is 5.86. The van der Waals surface area contributed by atoms with Gasteiger partial charge in [0.25, 0.3) is 0 Å². The first kappa shape index (κ1) is 23.4. The molecule has 1 saturated heterocycles. The number of hydrogen-bond acceptors (Lipinski definition) is 4. The van der Waals surface area contributed by atoms with Gasteiger partial charge in [0.15, 0.2) is 14.4 Å². The van der Waals surface area contributed by atoms with Crippen molar-refractivity contribution >= 4 is 19.7 Å². The Morgan fingerprint density at radius 1 is 1.12 bits per heavy atom. The standard InChI is InChI=1S/C27H32N2O3Si/c1-27(2,3)33(4,5)32-22-15-23-25(30)24(21-9-7-6-8-10-21)26(31)29(23,18-22)17-20-13-11-19(16-28)12-14-20/h6-14,22-23H,15,17-18H2,1-5H3/p+1. The number of nitriles is 1. The average molecular weight is 462 g/mol. The Hall–Kier alpha value is -2.72. The molecule has 5 nitrogen and oxygen atoms in total. The van der Waals surface area contributed by atoms with E-state index in [9.17, 15) is 9.90 Å². The molecule has 0 aliphatic carbocycles. The maximum atomic E-state index is 13.7. The van der Waals surface area contributed by atoms with Crippen LogP contribution in [0.1, 0.15) is 43.9 Å². The number of carbonyl (C=O) groups excluding carboxylic acids is 1. The van der Waals surface area contributed by atoms with E-state index in [1.807, 2.05) is 42.5 Å². The van der Waals surface area contributed by atoms with Crippen LogP contribution < -0.4 is 0 Å². The fourth-order valence-corrected chi connectivity index (χ4v) is 6.25. The monoisotopic (exact) mass is 461 g/mol. The van der Waals surface area contributed by atoms with Crippen LogP contribution in [0.15, 0.2) is 60.5 Å². The number of benzene rings is 2. The Balaban J connectivity index is 1.75. The van der Waals surface area contributed by atoms with Crippen LogP contribution in [-0.2, 0) is 15.8 Å². The van der Waals surface area contributed by atoms with Crippen LogP contribution in [0.25, 0.3) is 5.57 Å². The molecule has 2 aliphatic rings. The van der Waals surface area contributed by atoms with Gasteiger partial charge in [0.05, 0.1) is 11.6 Å². The van der Waals surface area contributed by atoms with Gasteiger partial charge in [-0.05, 0) is 35.8 Å². The van der Waals surface area contributed by atoms with E-state index in [1.165, 1.54) is 0 Å². The maximum absolute atomic E-state index is 13.7. The lowest BCUT2D eigenvalue weighted by Gasteiger charge is -2.38. The zero-order valence-electron chi connectivity index (χ0n) is 20.1. The molecule has 2 aromatic carbocycles. The molecule has 33 heavy (non-hydrogen) atoms. The molecule has 1 fully saturated rings. The van der Waals surface area contributed by atoms with E-state index in [4.69, 9.17) is 9.69 Å². The first-order valence-electron chi connectivity index (χ1n) is 11.6. The van der Waals surface area contributed by atoms with Crippen LogP contribution in [0.4, 0.5) is 0 Å². The first-order valence-corrected chi connectivity index (χ1v) is 14.5. The summed E-state index contributed by atoms with van der Waals surface area (Å²) in [6.07, 6.45) is 0.514. The fraction of sp³-hybridized carbons (Fsp3) is 0.407. The summed E-state index contributed by atoms with van der Waals surface area (Å²) < 4.78 is 6.92. The summed E-state index contributed by atoms with van der Waals surface area (Å²) in [6.45, 7) is 12.2. The highest BCUT2D eigenvalue weighted by molar-refractivity contribution is 6.74. The van der Waals surface area contributed by atoms with Gasteiger partial charge in [0, 0.05) is 12.0 Å². The molecule has 172 valence electrons. The van der Waals surface area contributed by atoms with E-state index in [0.29, 0.717) is 30.6 Å². The third-order valence-corrected chi connectivity index (χ3v) is 12.2. The van der Waals surface area contributed by atoms with Crippen molar-refractivity contribution in [3.63, 3.8) is 0 Å². The highest BCUT2D eigenvalue weighted by Crippen LogP contribution is 2.48. The Bertz CT molecular complexity index is 1130. The summed E-state index contributed by atoms with van der Waals surface area (Å²) >= 11 is 0. The molecular weight excluding hydrogens is 428 g/mol. The van der Waals surface area contributed by atoms with Crippen molar-refractivity contribution in [1.29, 1.82) is 5.26 Å². The van der Waals surface area contributed by atoms with E-state index >= 15 is 0 Å². The Morgan fingerprint density at radius 2 is 1.76 bits per heavy atom. The minimum atomic E-state index is -2.04. The maximum Gasteiger partial charge on any atom is 0.302 e. The van der Waals surface area contributed by atoms with Crippen molar-refractivity contribution in [2.24, 2.45) is 0 Å². The molecule has 0 bridgehead atoms. The summed E-state index contributed by atoms with van der Waals surface area (Å²) in [6, 6.07) is 18.7. The minimum absolute atomic E-state index is 0.00586. The molecule has 1 N–H and O–H groups in total. The summed E-state index contributed by atoms with van der Waals surface area (Å²) in [7, 11) is -2.04. The van der Waals surface area contributed by atoms with Crippen molar-refractivity contribution in [3.8, 4) is 6.07 Å². The van der Waals surface area contributed by atoms with Crippen molar-refractivity contribution in [2.75, 3.05) is 6.54 Å². The van der Waals surface area contributed by atoms with Gasteiger partial charge in [0.1, 0.15) is 24.8 Å². The second-order valence-electron chi connectivity index (χ2n) is 10.9. The van der Waals surface area contributed by atoms with Gasteiger partial charge in [-0.1, -0.05) is 63.2 Å². The number of carbonyl (C=O) groups is 1. The lowest BCUT2D eigenvalue weighted by Crippen LogP contribution is -2.50. The zero-order valence-corrected chi connectivity index (χ0v) is 21.1. The molecule has 0 amide bonds. The van der Waals surface area contributed by atoms with Gasteiger partial charge in [-0.2, -0.15) is 5.26 Å². The molecular formula is C27H33N2O3Si+. The molecule has 0 aromatic heterocycles. The number of aliphatic hydroxyl groups excluding tert-OH is 1. The second-order valence-corrected chi connectivity index (χ2v) is 15.6. The summed E-state index contributed by atoms with van der Waals surface area (Å²) in [5, 5.41) is 20.8. The molecule has 2 aliphatic heterocycles. The van der Waals surface area contributed by atoms with Crippen LogP contribution in [0.5, 0.6) is 0 Å². The van der Waals surface area contributed by atoms with E-state index in [2.05, 4.69) is 39.9 Å². The molecule has 0 radical (unpaired) electrons. The zero-order chi connectivity index (χ0) is 24.0. The predicted octanol–water partition coefficient (Wildman–Crippen LogP) is 5.55. The lowest BCUT2D eigenvalue weighted by molar-refractivity contribution is -0.918. The normalized spacial score (nSPS) is 25.3. The molecule has 0 spiro atoms. The molecule has 3 unspecified atom stereocenters. The summed E-state index contributed by atoms with van der Waals surface area (Å²) in [4.78, 5) is 13.7. The molecule has 4 rings (SSSR count). The van der Waals surface area contributed by atoms with Gasteiger partial charge in [-0.25, -0.2) is 4.48 Å². The topological polar surface area (TPSA) is 70.3 Å². The van der Waals surface area contributed by atoms with E-state index in [1.54, 1.807) is 12.1 Å². The molecule has 2 aromatic rings. The lowest BCUT2D eigenvalue weighted by atomic mass is 9.99. The highest BCUT2D eigenvalue weighted by Gasteiger charge is 2.62. The minimum Gasteiger partial charge on any atom is -0.467 e. The van der Waals surface area contributed by atoms with Gasteiger partial charge >= 0.3 is 5.88 Å². The highest BCUT2D eigenvalue weighted by atomic mass is 28.4. The van der Waals surface area contributed by atoms with Gasteiger partial charge < -0.3 is 9.53 Å². The van der Waals surface area contributed by atoms with Crippen molar-refractivity contribution < 1.29 is 18.8 Å². The first-order chi connectivity index (χ1) is 15.5. The number of hydrogen-bond donors (Lipinski definition) is 1. The molecule has 3 atom stereocenters. The van der Waals surface area contributed by atoms with Crippen molar-refractivity contribution in [2.45, 2.75) is 64.0 Å². The molecule has 6 heteroatoms. The third kappa shape index (κ3) is 4.06.